The standard InChI is InChI=1S/C16H17ClN2O2/c1-10-3-6-16(21)12(7-10)9-18-13-4-5-15(14(17)8-13)19-11(2)20/h3-8,18,21H,9H2,1-2H3,(H,19,20). The Bertz CT molecular complexity index is 671. The average molecular weight is 305 g/mol. The van der Waals surface area contributed by atoms with E-state index in [0.717, 1.165) is 16.8 Å². The quantitative estimate of drug-likeness (QED) is 0.802. The normalized spacial score (nSPS) is 10.2. The highest BCUT2D eigenvalue weighted by Gasteiger charge is 2.05. The minimum absolute atomic E-state index is 0.165. The molecular weight excluding hydrogens is 288 g/mol. The second-order valence-electron chi connectivity index (χ2n) is 4.86. The largest absolute Gasteiger partial charge is 0.508 e. The Balaban J connectivity index is 2.08. The lowest BCUT2D eigenvalue weighted by molar-refractivity contribution is -0.114. The third-order valence-electron chi connectivity index (χ3n) is 3.00. The number of phenolic OH excluding ortho intramolecular Hbond substituents is 1. The van der Waals surface area contributed by atoms with E-state index in [4.69, 9.17) is 11.6 Å². The Labute approximate surface area is 128 Å². The summed E-state index contributed by atoms with van der Waals surface area (Å²) in [4.78, 5) is 11.0. The predicted octanol–water partition coefficient (Wildman–Crippen LogP) is 3.92. The molecule has 0 aliphatic carbocycles. The number of rotatable bonds is 4. The topological polar surface area (TPSA) is 61.4 Å². The van der Waals surface area contributed by atoms with Crippen LogP contribution in [0, 0.1) is 6.92 Å². The van der Waals surface area contributed by atoms with Gasteiger partial charge in [0.15, 0.2) is 0 Å². The van der Waals surface area contributed by atoms with Gasteiger partial charge >= 0.3 is 0 Å². The van der Waals surface area contributed by atoms with E-state index in [1.165, 1.54) is 6.92 Å². The SMILES string of the molecule is CC(=O)Nc1ccc(NCc2cc(C)ccc2O)cc1Cl. The molecule has 0 atom stereocenters. The molecule has 0 saturated heterocycles. The maximum atomic E-state index is 11.0. The summed E-state index contributed by atoms with van der Waals surface area (Å²) >= 11 is 6.11. The van der Waals surface area contributed by atoms with Gasteiger partial charge < -0.3 is 15.7 Å². The smallest absolute Gasteiger partial charge is 0.221 e. The number of hydrogen-bond donors (Lipinski definition) is 3. The molecule has 0 aliphatic rings. The van der Waals surface area contributed by atoms with Crippen LogP contribution < -0.4 is 10.6 Å². The molecule has 2 rings (SSSR count). The lowest BCUT2D eigenvalue weighted by atomic mass is 10.1. The first-order chi connectivity index (χ1) is 9.95. The first-order valence-electron chi connectivity index (χ1n) is 6.55. The molecule has 0 unspecified atom stereocenters. The van der Waals surface area contributed by atoms with E-state index >= 15 is 0 Å². The fourth-order valence-corrected chi connectivity index (χ4v) is 2.20. The van der Waals surface area contributed by atoms with Crippen molar-refractivity contribution in [2.45, 2.75) is 20.4 Å². The number of aromatic hydroxyl groups is 1. The van der Waals surface area contributed by atoms with Crippen molar-refractivity contribution < 1.29 is 9.90 Å². The molecule has 2 aromatic rings. The molecule has 110 valence electrons. The van der Waals surface area contributed by atoms with Crippen molar-refractivity contribution in [3.8, 4) is 5.75 Å². The minimum Gasteiger partial charge on any atom is -0.508 e. The van der Waals surface area contributed by atoms with Crippen molar-refractivity contribution in [3.63, 3.8) is 0 Å². The van der Waals surface area contributed by atoms with E-state index in [1.807, 2.05) is 25.1 Å². The van der Waals surface area contributed by atoms with Crippen LogP contribution in [-0.4, -0.2) is 11.0 Å². The van der Waals surface area contributed by atoms with Crippen molar-refractivity contribution in [3.05, 3.63) is 52.5 Å². The summed E-state index contributed by atoms with van der Waals surface area (Å²) in [7, 11) is 0. The Morgan fingerprint density at radius 1 is 1.24 bits per heavy atom. The first kappa shape index (κ1) is 15.2. The van der Waals surface area contributed by atoms with Crippen molar-refractivity contribution in [2.24, 2.45) is 0 Å². The molecule has 0 aliphatic heterocycles. The van der Waals surface area contributed by atoms with E-state index in [0.29, 0.717) is 17.3 Å². The molecule has 0 spiro atoms. The first-order valence-corrected chi connectivity index (χ1v) is 6.93. The van der Waals surface area contributed by atoms with Gasteiger partial charge in [-0.2, -0.15) is 0 Å². The van der Waals surface area contributed by atoms with Crippen LogP contribution in [0.25, 0.3) is 0 Å². The molecule has 5 heteroatoms. The van der Waals surface area contributed by atoms with E-state index in [-0.39, 0.29) is 11.7 Å². The maximum Gasteiger partial charge on any atom is 0.221 e. The molecular formula is C16H17ClN2O2. The van der Waals surface area contributed by atoms with Crippen LogP contribution in [0.4, 0.5) is 11.4 Å². The number of phenols is 1. The highest BCUT2D eigenvalue weighted by Crippen LogP contribution is 2.26. The number of amides is 1. The molecule has 1 amide bonds. The highest BCUT2D eigenvalue weighted by atomic mass is 35.5. The second kappa shape index (κ2) is 6.50. The van der Waals surface area contributed by atoms with Gasteiger partial charge in [0, 0.05) is 24.7 Å². The summed E-state index contributed by atoms with van der Waals surface area (Å²) in [6.07, 6.45) is 0. The van der Waals surface area contributed by atoms with Gasteiger partial charge in [-0.05, 0) is 31.2 Å². The number of aryl methyl sites for hydroxylation is 1. The number of nitrogens with one attached hydrogen (secondary N) is 2. The Hall–Kier alpha value is -2.20. The number of hydrogen-bond acceptors (Lipinski definition) is 3. The zero-order valence-electron chi connectivity index (χ0n) is 11.9. The third-order valence-corrected chi connectivity index (χ3v) is 3.31. The van der Waals surface area contributed by atoms with E-state index in [2.05, 4.69) is 10.6 Å². The molecule has 0 saturated carbocycles. The van der Waals surface area contributed by atoms with Gasteiger partial charge in [-0.1, -0.05) is 29.3 Å². The lowest BCUT2D eigenvalue weighted by Gasteiger charge is -2.11. The fraction of sp³-hybridized carbons (Fsp3) is 0.188. The number of carbonyl (C=O) groups is 1. The predicted molar refractivity (Wildman–Crippen MR) is 85.9 cm³/mol. The summed E-state index contributed by atoms with van der Waals surface area (Å²) in [6, 6.07) is 10.8. The third kappa shape index (κ3) is 4.13. The van der Waals surface area contributed by atoms with Gasteiger partial charge in [0.25, 0.3) is 0 Å². The van der Waals surface area contributed by atoms with E-state index in [1.54, 1.807) is 18.2 Å². The van der Waals surface area contributed by atoms with Crippen LogP contribution in [0.5, 0.6) is 5.75 Å². The lowest BCUT2D eigenvalue weighted by Crippen LogP contribution is -2.06. The summed E-state index contributed by atoms with van der Waals surface area (Å²) in [6.45, 7) is 3.90. The molecule has 4 nitrogen and oxygen atoms in total. The van der Waals surface area contributed by atoms with Crippen molar-refractivity contribution in [2.75, 3.05) is 10.6 Å². The number of halogens is 1. The van der Waals surface area contributed by atoms with Gasteiger partial charge in [-0.15, -0.1) is 0 Å². The van der Waals surface area contributed by atoms with E-state index in [9.17, 15) is 9.90 Å². The molecule has 0 heterocycles. The summed E-state index contributed by atoms with van der Waals surface area (Å²) < 4.78 is 0. The zero-order chi connectivity index (χ0) is 15.4. The molecule has 0 aromatic heterocycles. The van der Waals surface area contributed by atoms with Crippen LogP contribution >= 0.6 is 11.6 Å². The van der Waals surface area contributed by atoms with Crippen LogP contribution in [0.2, 0.25) is 5.02 Å². The Kier molecular flexibility index (Phi) is 4.70. The van der Waals surface area contributed by atoms with Crippen molar-refractivity contribution in [1.82, 2.24) is 0 Å². The molecule has 3 N–H and O–H groups in total. The Morgan fingerprint density at radius 3 is 2.67 bits per heavy atom. The molecule has 0 radical (unpaired) electrons. The van der Waals surface area contributed by atoms with Gasteiger partial charge in [0.1, 0.15) is 5.75 Å². The summed E-state index contributed by atoms with van der Waals surface area (Å²) in [5.74, 6) is 0.0938. The zero-order valence-corrected chi connectivity index (χ0v) is 12.7. The van der Waals surface area contributed by atoms with Crippen LogP contribution in [0.3, 0.4) is 0 Å². The molecule has 0 fully saturated rings. The summed E-state index contributed by atoms with van der Waals surface area (Å²) in [5, 5.41) is 16.1. The molecule has 0 bridgehead atoms. The van der Waals surface area contributed by atoms with Gasteiger partial charge in [-0.25, -0.2) is 0 Å². The Morgan fingerprint density at radius 2 is 2.00 bits per heavy atom. The maximum absolute atomic E-state index is 11.0. The summed E-state index contributed by atoms with van der Waals surface area (Å²) in [5.41, 5.74) is 3.30. The second-order valence-corrected chi connectivity index (χ2v) is 5.27. The number of benzene rings is 2. The van der Waals surface area contributed by atoms with Gasteiger partial charge in [-0.3, -0.25) is 4.79 Å². The van der Waals surface area contributed by atoms with Crippen LogP contribution in [0.15, 0.2) is 36.4 Å². The van der Waals surface area contributed by atoms with Crippen LogP contribution in [-0.2, 0) is 11.3 Å². The number of carbonyl (C=O) groups excluding carboxylic acids is 1. The molecule has 21 heavy (non-hydrogen) atoms. The van der Waals surface area contributed by atoms with Crippen LogP contribution in [0.1, 0.15) is 18.1 Å². The number of anilines is 2. The highest BCUT2D eigenvalue weighted by molar-refractivity contribution is 6.34. The average Bonchev–Trinajstić information content (AvgIpc) is 2.42. The molecule has 2 aromatic carbocycles. The van der Waals surface area contributed by atoms with Crippen molar-refractivity contribution in [1.29, 1.82) is 0 Å². The van der Waals surface area contributed by atoms with Crippen molar-refractivity contribution >= 4 is 28.9 Å². The van der Waals surface area contributed by atoms with E-state index < -0.39 is 0 Å². The minimum atomic E-state index is -0.165. The van der Waals surface area contributed by atoms with Gasteiger partial charge in [0.2, 0.25) is 5.91 Å². The van der Waals surface area contributed by atoms with Gasteiger partial charge in [0.05, 0.1) is 10.7 Å². The monoisotopic (exact) mass is 304 g/mol. The fourth-order valence-electron chi connectivity index (χ4n) is 1.97.